The number of nitro groups is 1. The predicted molar refractivity (Wildman–Crippen MR) is 76.5 cm³/mol. The molecular weight excluding hydrogens is 344 g/mol. The molecule has 0 radical (unpaired) electrons. The first-order valence-corrected chi connectivity index (χ1v) is 6.48. The van der Waals surface area contributed by atoms with Crippen LogP contribution in [0, 0.1) is 17.0 Å². The fraction of sp³-hybridized carbons (Fsp3) is 0.0769. The topological polar surface area (TPSA) is 114 Å². The van der Waals surface area contributed by atoms with Crippen molar-refractivity contribution in [2.45, 2.75) is 6.92 Å². The number of nitrogens with zero attached hydrogens (tertiary/aromatic N) is 2. The van der Waals surface area contributed by atoms with Gasteiger partial charge in [0.2, 0.25) is 5.75 Å². The van der Waals surface area contributed by atoms with Crippen molar-refractivity contribution >= 4 is 27.4 Å². The van der Waals surface area contributed by atoms with E-state index >= 15 is 0 Å². The van der Waals surface area contributed by atoms with Gasteiger partial charge < -0.3 is 10.2 Å². The molecule has 1 aromatic carbocycles. The summed E-state index contributed by atoms with van der Waals surface area (Å²) in [6.45, 7) is 1.75. The number of aromatic hydroxyl groups is 2. The molecule has 0 saturated heterocycles. The molecule has 8 heteroatoms. The maximum Gasteiger partial charge on any atom is 0.315 e. The highest BCUT2D eigenvalue weighted by Gasteiger charge is 2.23. The van der Waals surface area contributed by atoms with Crippen LogP contribution in [0.15, 0.2) is 28.9 Å². The number of benzene rings is 1. The second-order valence-corrected chi connectivity index (χ2v) is 4.99. The van der Waals surface area contributed by atoms with Crippen LogP contribution < -0.4 is 0 Å². The number of phenols is 2. The van der Waals surface area contributed by atoms with E-state index in [9.17, 15) is 25.1 Å². The molecule has 108 valence electrons. The lowest BCUT2D eigenvalue weighted by Gasteiger charge is -2.06. The minimum absolute atomic E-state index is 0.122. The van der Waals surface area contributed by atoms with Gasteiger partial charge in [-0.25, -0.2) is 4.98 Å². The third-order valence-corrected chi connectivity index (χ3v) is 3.37. The standard InChI is InChI=1S/C13H9BrN2O5/c1-6-2-3-8(13(14)15-6)11(18)7-4-9(16(20)21)12(19)10(17)5-7/h2-5,17,19H,1H3. The van der Waals surface area contributed by atoms with E-state index < -0.39 is 27.9 Å². The number of hydrogen-bond acceptors (Lipinski definition) is 6. The third-order valence-electron chi connectivity index (χ3n) is 2.76. The van der Waals surface area contributed by atoms with Crippen molar-refractivity contribution in [2.24, 2.45) is 0 Å². The second-order valence-electron chi connectivity index (χ2n) is 4.24. The zero-order valence-electron chi connectivity index (χ0n) is 10.7. The van der Waals surface area contributed by atoms with E-state index in [1.807, 2.05) is 0 Å². The van der Waals surface area contributed by atoms with Gasteiger partial charge in [-0.3, -0.25) is 14.9 Å². The van der Waals surface area contributed by atoms with Crippen molar-refractivity contribution in [3.8, 4) is 11.5 Å². The summed E-state index contributed by atoms with van der Waals surface area (Å²) < 4.78 is 0.294. The number of hydrogen-bond donors (Lipinski definition) is 2. The van der Waals surface area contributed by atoms with Crippen molar-refractivity contribution in [3.63, 3.8) is 0 Å². The molecular formula is C13H9BrN2O5. The molecule has 2 N–H and O–H groups in total. The van der Waals surface area contributed by atoms with Crippen molar-refractivity contribution in [3.05, 3.63) is 55.8 Å². The Kier molecular flexibility index (Phi) is 3.90. The molecule has 7 nitrogen and oxygen atoms in total. The SMILES string of the molecule is Cc1ccc(C(=O)c2cc(O)c(O)c([N+](=O)[O-])c2)c(Br)n1. The summed E-state index contributed by atoms with van der Waals surface area (Å²) in [5, 5.41) is 29.7. The highest BCUT2D eigenvalue weighted by Crippen LogP contribution is 2.36. The smallest absolute Gasteiger partial charge is 0.315 e. The number of carbonyl (C=O) groups is 1. The van der Waals surface area contributed by atoms with Gasteiger partial charge in [0.25, 0.3) is 0 Å². The minimum atomic E-state index is -0.881. The van der Waals surface area contributed by atoms with Crippen LogP contribution in [0.5, 0.6) is 11.5 Å². The lowest BCUT2D eigenvalue weighted by Crippen LogP contribution is -2.05. The van der Waals surface area contributed by atoms with E-state index in [0.29, 0.717) is 10.3 Å². The maximum atomic E-state index is 12.3. The molecule has 0 saturated carbocycles. The van der Waals surface area contributed by atoms with Crippen LogP contribution in [0.3, 0.4) is 0 Å². The zero-order chi connectivity index (χ0) is 15.7. The van der Waals surface area contributed by atoms with Crippen LogP contribution >= 0.6 is 15.9 Å². The van der Waals surface area contributed by atoms with Crippen LogP contribution in [-0.4, -0.2) is 25.9 Å². The Morgan fingerprint density at radius 1 is 1.33 bits per heavy atom. The van der Waals surface area contributed by atoms with Crippen molar-refractivity contribution in [2.75, 3.05) is 0 Å². The van der Waals surface area contributed by atoms with Gasteiger partial charge >= 0.3 is 5.69 Å². The van der Waals surface area contributed by atoms with Crippen LogP contribution in [0.2, 0.25) is 0 Å². The van der Waals surface area contributed by atoms with Crippen LogP contribution in [0.1, 0.15) is 21.6 Å². The molecule has 0 unspecified atom stereocenters. The highest BCUT2D eigenvalue weighted by atomic mass is 79.9. The largest absolute Gasteiger partial charge is 0.504 e. The van der Waals surface area contributed by atoms with E-state index in [-0.39, 0.29) is 11.1 Å². The van der Waals surface area contributed by atoms with Crippen LogP contribution in [0.4, 0.5) is 5.69 Å². The lowest BCUT2D eigenvalue weighted by atomic mass is 10.0. The fourth-order valence-electron chi connectivity index (χ4n) is 1.72. The number of pyridine rings is 1. The summed E-state index contributed by atoms with van der Waals surface area (Å²) in [5.74, 6) is -2.17. The molecule has 2 rings (SSSR count). The van der Waals surface area contributed by atoms with Crippen LogP contribution in [0.25, 0.3) is 0 Å². The Hall–Kier alpha value is -2.48. The average Bonchev–Trinajstić information content (AvgIpc) is 2.40. The Balaban J connectivity index is 2.56. The molecule has 0 aliphatic heterocycles. The minimum Gasteiger partial charge on any atom is -0.504 e. The molecule has 0 amide bonds. The van der Waals surface area contributed by atoms with Crippen molar-refractivity contribution in [1.82, 2.24) is 4.98 Å². The van der Waals surface area contributed by atoms with Crippen molar-refractivity contribution < 1.29 is 19.9 Å². The molecule has 0 spiro atoms. The summed E-state index contributed by atoms with van der Waals surface area (Å²) in [5.41, 5.74) is 0.0239. The monoisotopic (exact) mass is 352 g/mol. The second kappa shape index (κ2) is 5.49. The van der Waals surface area contributed by atoms with Crippen LogP contribution in [-0.2, 0) is 0 Å². The number of halogens is 1. The first-order valence-electron chi connectivity index (χ1n) is 5.69. The number of rotatable bonds is 3. The van der Waals surface area contributed by atoms with Gasteiger partial charge in [0.05, 0.1) is 10.5 Å². The first-order chi connectivity index (χ1) is 9.81. The number of phenolic OH excluding ortho intramolecular Hbond substituents is 2. The summed E-state index contributed by atoms with van der Waals surface area (Å²) in [7, 11) is 0. The summed E-state index contributed by atoms with van der Waals surface area (Å²) in [6.07, 6.45) is 0. The molecule has 0 aliphatic rings. The van der Waals surface area contributed by atoms with Gasteiger partial charge in [0.15, 0.2) is 11.5 Å². The van der Waals surface area contributed by atoms with E-state index in [4.69, 9.17) is 0 Å². The Morgan fingerprint density at radius 3 is 2.57 bits per heavy atom. The molecule has 0 fully saturated rings. The van der Waals surface area contributed by atoms with Gasteiger partial charge in [-0.1, -0.05) is 0 Å². The summed E-state index contributed by atoms with van der Waals surface area (Å²) in [4.78, 5) is 26.3. The molecule has 21 heavy (non-hydrogen) atoms. The predicted octanol–water partition coefficient (Wildman–Crippen LogP) is 2.70. The van der Waals surface area contributed by atoms with E-state index in [2.05, 4.69) is 20.9 Å². The van der Waals surface area contributed by atoms with Crippen molar-refractivity contribution in [1.29, 1.82) is 0 Å². The highest BCUT2D eigenvalue weighted by molar-refractivity contribution is 9.10. The third kappa shape index (κ3) is 2.84. The van der Waals surface area contributed by atoms with Gasteiger partial charge in [-0.2, -0.15) is 0 Å². The zero-order valence-corrected chi connectivity index (χ0v) is 12.3. The lowest BCUT2D eigenvalue weighted by molar-refractivity contribution is -0.386. The normalized spacial score (nSPS) is 10.4. The summed E-state index contributed by atoms with van der Waals surface area (Å²) >= 11 is 3.15. The van der Waals surface area contributed by atoms with E-state index in [1.165, 1.54) is 6.07 Å². The van der Waals surface area contributed by atoms with E-state index in [0.717, 1.165) is 12.1 Å². The maximum absolute atomic E-state index is 12.3. The van der Waals surface area contributed by atoms with Gasteiger partial charge in [-0.15, -0.1) is 0 Å². The van der Waals surface area contributed by atoms with Gasteiger partial charge in [0.1, 0.15) is 4.60 Å². The Bertz CT molecular complexity index is 760. The number of aromatic nitrogens is 1. The Morgan fingerprint density at radius 2 is 2.00 bits per heavy atom. The molecule has 1 heterocycles. The fourth-order valence-corrected chi connectivity index (χ4v) is 2.32. The Labute approximate surface area is 127 Å². The molecule has 0 atom stereocenters. The number of carbonyl (C=O) groups excluding carboxylic acids is 1. The molecule has 0 bridgehead atoms. The van der Waals surface area contributed by atoms with Gasteiger partial charge in [-0.05, 0) is 41.1 Å². The number of ketones is 1. The molecule has 0 aliphatic carbocycles. The average molecular weight is 353 g/mol. The van der Waals surface area contributed by atoms with E-state index in [1.54, 1.807) is 13.0 Å². The molecule has 1 aromatic heterocycles. The quantitative estimate of drug-likeness (QED) is 0.288. The van der Waals surface area contributed by atoms with Gasteiger partial charge in [0, 0.05) is 17.3 Å². The summed E-state index contributed by atoms with van der Waals surface area (Å²) in [6, 6.07) is 5.01. The number of aryl methyl sites for hydroxylation is 1. The molecule has 2 aromatic rings. The first kappa shape index (κ1) is 14.9. The number of nitro benzene ring substituents is 1.